The Bertz CT molecular complexity index is 979. The maximum absolute atomic E-state index is 13.9. The fraction of sp³-hybridized carbons (Fsp3) is 0.448. The molecule has 5 heteroatoms. The van der Waals surface area contributed by atoms with Crippen molar-refractivity contribution in [3.8, 4) is 0 Å². The number of likely N-dealkylation sites (tertiary alicyclic amines) is 1. The predicted octanol–water partition coefficient (Wildman–Crippen LogP) is 5.08. The number of piperidine rings is 1. The van der Waals surface area contributed by atoms with Gasteiger partial charge in [-0.1, -0.05) is 61.5 Å². The molecule has 4 rings (SSSR count). The van der Waals surface area contributed by atoms with Crippen LogP contribution in [0.1, 0.15) is 57.4 Å². The summed E-state index contributed by atoms with van der Waals surface area (Å²) in [5.74, 6) is -0.0364. The van der Waals surface area contributed by atoms with Gasteiger partial charge in [0.1, 0.15) is 5.54 Å². The highest BCUT2D eigenvalue weighted by atomic mass is 16.2. The van der Waals surface area contributed by atoms with Gasteiger partial charge in [0.25, 0.3) is 5.91 Å². The summed E-state index contributed by atoms with van der Waals surface area (Å²) in [5, 5.41) is 3.24. The van der Waals surface area contributed by atoms with Gasteiger partial charge in [-0.2, -0.15) is 0 Å². The molecule has 1 fully saturated rings. The number of hydrogen-bond donors (Lipinski definition) is 1. The van der Waals surface area contributed by atoms with Crippen molar-refractivity contribution in [3.05, 3.63) is 78.0 Å². The summed E-state index contributed by atoms with van der Waals surface area (Å²) >= 11 is 0. The lowest BCUT2D eigenvalue weighted by atomic mass is 9.83. The van der Waals surface area contributed by atoms with Crippen molar-refractivity contribution in [2.45, 2.75) is 63.8 Å². The third-order valence-electron chi connectivity index (χ3n) is 7.22. The van der Waals surface area contributed by atoms with Crippen LogP contribution in [0.4, 0.5) is 5.69 Å². The molecule has 0 atom stereocenters. The average Bonchev–Trinajstić information content (AvgIpc) is 2.90. The first-order valence-corrected chi connectivity index (χ1v) is 12.8. The number of rotatable bonds is 8. The normalized spacial score (nSPS) is 18.1. The van der Waals surface area contributed by atoms with Crippen LogP contribution in [0.15, 0.2) is 72.4 Å². The molecule has 2 aliphatic rings. The molecule has 34 heavy (non-hydrogen) atoms. The average molecular weight is 460 g/mol. The van der Waals surface area contributed by atoms with Crippen LogP contribution in [0.3, 0.4) is 0 Å². The number of nitrogens with one attached hydrogen (secondary N) is 1. The minimum Gasteiger partial charge on any atom is -0.328 e. The highest BCUT2D eigenvalue weighted by molar-refractivity contribution is 6.04. The molecule has 1 heterocycles. The monoisotopic (exact) mass is 459 g/mol. The Labute approximate surface area is 203 Å². The van der Waals surface area contributed by atoms with Crippen molar-refractivity contribution >= 4 is 17.5 Å². The van der Waals surface area contributed by atoms with E-state index in [4.69, 9.17) is 0 Å². The molecule has 2 amide bonds. The van der Waals surface area contributed by atoms with E-state index < -0.39 is 5.54 Å². The first-order chi connectivity index (χ1) is 16.6. The Morgan fingerprint density at radius 1 is 0.971 bits per heavy atom. The molecule has 2 aromatic rings. The van der Waals surface area contributed by atoms with E-state index >= 15 is 0 Å². The summed E-state index contributed by atoms with van der Waals surface area (Å²) in [7, 11) is 0. The largest absolute Gasteiger partial charge is 0.328 e. The summed E-state index contributed by atoms with van der Waals surface area (Å²) in [6.07, 6.45) is 8.94. The summed E-state index contributed by atoms with van der Waals surface area (Å²) in [6, 6.07) is 20.3. The van der Waals surface area contributed by atoms with Crippen LogP contribution in [0.2, 0.25) is 0 Å². The summed E-state index contributed by atoms with van der Waals surface area (Å²) in [4.78, 5) is 31.5. The highest BCUT2D eigenvalue weighted by Crippen LogP contribution is 2.35. The van der Waals surface area contributed by atoms with Gasteiger partial charge in [0.05, 0.1) is 0 Å². The molecule has 1 aliphatic heterocycles. The second kappa shape index (κ2) is 11.5. The molecule has 2 aromatic carbocycles. The molecule has 0 spiro atoms. The van der Waals surface area contributed by atoms with Crippen LogP contribution in [-0.4, -0.2) is 41.9 Å². The van der Waals surface area contributed by atoms with E-state index in [1.807, 2.05) is 43.3 Å². The zero-order valence-electron chi connectivity index (χ0n) is 20.3. The molecule has 0 saturated carbocycles. The third kappa shape index (κ3) is 5.58. The van der Waals surface area contributed by atoms with Gasteiger partial charge in [-0.15, -0.1) is 0 Å². The molecule has 1 saturated heterocycles. The second-order valence-corrected chi connectivity index (χ2v) is 9.46. The Morgan fingerprint density at radius 2 is 1.65 bits per heavy atom. The zero-order chi connectivity index (χ0) is 23.8. The van der Waals surface area contributed by atoms with E-state index in [0.29, 0.717) is 19.3 Å². The highest BCUT2D eigenvalue weighted by Gasteiger charge is 2.48. The van der Waals surface area contributed by atoms with Crippen LogP contribution >= 0.6 is 0 Å². The van der Waals surface area contributed by atoms with Crippen LogP contribution in [-0.2, 0) is 16.0 Å². The zero-order valence-corrected chi connectivity index (χ0v) is 20.3. The number of amides is 2. The predicted molar refractivity (Wildman–Crippen MR) is 137 cm³/mol. The van der Waals surface area contributed by atoms with E-state index in [1.165, 1.54) is 12.0 Å². The fourth-order valence-electron chi connectivity index (χ4n) is 5.21. The van der Waals surface area contributed by atoms with E-state index in [0.717, 1.165) is 56.7 Å². The number of hydrogen-bond acceptors (Lipinski definition) is 3. The third-order valence-corrected chi connectivity index (χ3v) is 7.22. The molecule has 0 aromatic heterocycles. The SMILES string of the molecule is CCC(=O)N(c1ccccc1)C1(C(=O)NC2=CCCCC2)CCN(CCc2ccccc2)CC1. The molecule has 0 unspecified atom stereocenters. The van der Waals surface area contributed by atoms with Crippen LogP contribution in [0.25, 0.3) is 0 Å². The minimum absolute atomic E-state index is 0.00305. The lowest BCUT2D eigenvalue weighted by molar-refractivity contribution is -0.132. The Hall–Kier alpha value is -2.92. The number of benzene rings is 2. The van der Waals surface area contributed by atoms with Gasteiger partial charge in [-0.3, -0.25) is 14.5 Å². The van der Waals surface area contributed by atoms with Gasteiger partial charge in [-0.05, 0) is 62.6 Å². The van der Waals surface area contributed by atoms with Crippen molar-refractivity contribution in [2.75, 3.05) is 24.5 Å². The quantitative estimate of drug-likeness (QED) is 0.599. The Balaban J connectivity index is 1.57. The number of anilines is 1. The van der Waals surface area contributed by atoms with Crippen LogP contribution < -0.4 is 10.2 Å². The van der Waals surface area contributed by atoms with Gasteiger partial charge in [-0.25, -0.2) is 0 Å². The first-order valence-electron chi connectivity index (χ1n) is 12.8. The second-order valence-electron chi connectivity index (χ2n) is 9.46. The van der Waals surface area contributed by atoms with Crippen LogP contribution in [0, 0.1) is 0 Å². The standard InChI is InChI=1S/C29H37N3O2/c1-2-27(33)32(26-16-10-5-11-17-26)29(28(34)30-25-14-8-4-9-15-25)19-22-31(23-20-29)21-18-24-12-6-3-7-13-24/h3,5-7,10-14,16-17H,2,4,8-9,15,18-23H2,1H3,(H,30,34). The molecule has 180 valence electrons. The molecule has 1 N–H and O–H groups in total. The van der Waals surface area contributed by atoms with Gasteiger partial charge >= 0.3 is 0 Å². The van der Waals surface area contributed by atoms with E-state index in [2.05, 4.69) is 40.6 Å². The van der Waals surface area contributed by atoms with Crippen molar-refractivity contribution in [1.29, 1.82) is 0 Å². The smallest absolute Gasteiger partial charge is 0.250 e. The first kappa shape index (κ1) is 24.2. The van der Waals surface area contributed by atoms with Crippen molar-refractivity contribution in [1.82, 2.24) is 10.2 Å². The number of para-hydroxylation sites is 1. The minimum atomic E-state index is -0.879. The number of carbonyl (C=O) groups excluding carboxylic acids is 2. The molecule has 0 bridgehead atoms. The molecule has 0 radical (unpaired) electrons. The van der Waals surface area contributed by atoms with E-state index in [-0.39, 0.29) is 11.8 Å². The maximum atomic E-state index is 13.9. The van der Waals surface area contributed by atoms with Crippen molar-refractivity contribution in [3.63, 3.8) is 0 Å². The summed E-state index contributed by atoms with van der Waals surface area (Å²) in [6.45, 7) is 4.42. The summed E-state index contributed by atoms with van der Waals surface area (Å²) < 4.78 is 0. The van der Waals surface area contributed by atoms with Crippen LogP contribution in [0.5, 0.6) is 0 Å². The number of carbonyl (C=O) groups is 2. The number of allylic oxidation sites excluding steroid dienone is 2. The van der Waals surface area contributed by atoms with Gasteiger partial charge in [0, 0.05) is 37.4 Å². The molecule has 5 nitrogen and oxygen atoms in total. The van der Waals surface area contributed by atoms with Gasteiger partial charge in [0.15, 0.2) is 0 Å². The maximum Gasteiger partial charge on any atom is 0.250 e. The van der Waals surface area contributed by atoms with Gasteiger partial charge in [0.2, 0.25) is 5.91 Å². The Morgan fingerprint density at radius 3 is 2.26 bits per heavy atom. The van der Waals surface area contributed by atoms with E-state index in [9.17, 15) is 9.59 Å². The van der Waals surface area contributed by atoms with E-state index in [1.54, 1.807) is 4.90 Å². The fourth-order valence-corrected chi connectivity index (χ4v) is 5.21. The van der Waals surface area contributed by atoms with Crippen molar-refractivity contribution in [2.24, 2.45) is 0 Å². The molecular formula is C29H37N3O2. The number of nitrogens with zero attached hydrogens (tertiary/aromatic N) is 2. The molecular weight excluding hydrogens is 422 g/mol. The molecule has 1 aliphatic carbocycles. The lowest BCUT2D eigenvalue weighted by Crippen LogP contribution is -2.65. The lowest BCUT2D eigenvalue weighted by Gasteiger charge is -2.47. The topological polar surface area (TPSA) is 52.7 Å². The Kier molecular flexibility index (Phi) is 8.17. The summed E-state index contributed by atoms with van der Waals surface area (Å²) in [5.41, 5.74) is 2.27. The van der Waals surface area contributed by atoms with Crippen molar-refractivity contribution < 1.29 is 9.59 Å². The van der Waals surface area contributed by atoms with Gasteiger partial charge < -0.3 is 10.2 Å².